The summed E-state index contributed by atoms with van der Waals surface area (Å²) in [5.74, 6) is 1.47. The van der Waals surface area contributed by atoms with Gasteiger partial charge in [0.25, 0.3) is 0 Å². The fraction of sp³-hybridized carbons (Fsp3) is 0.750. The summed E-state index contributed by atoms with van der Waals surface area (Å²) in [6.45, 7) is 9.27. The standard InChI is InChI=1S/C20H33N5OS.HI/c1-4-21-20(22-12-18-14(2)23-15(3)27-18)24-17-10-11-25(13-17)19(26)16-8-6-5-7-9-16;/h16-17H,4-13H2,1-3H3,(H2,21,22,24);1H. The van der Waals surface area contributed by atoms with E-state index in [1.807, 2.05) is 13.8 Å². The van der Waals surface area contributed by atoms with Crippen LogP contribution in [0, 0.1) is 19.8 Å². The molecule has 2 aliphatic rings. The average Bonchev–Trinajstić information content (AvgIpc) is 3.26. The molecule has 1 saturated heterocycles. The smallest absolute Gasteiger partial charge is 0.225 e. The Morgan fingerprint density at radius 1 is 1.25 bits per heavy atom. The van der Waals surface area contributed by atoms with E-state index in [2.05, 4.69) is 27.4 Å². The van der Waals surface area contributed by atoms with Gasteiger partial charge in [-0.3, -0.25) is 4.79 Å². The van der Waals surface area contributed by atoms with E-state index in [9.17, 15) is 4.79 Å². The Bertz CT molecular complexity index is 672. The van der Waals surface area contributed by atoms with Gasteiger partial charge in [0.15, 0.2) is 5.96 Å². The molecule has 1 aromatic rings. The molecule has 6 nitrogen and oxygen atoms in total. The number of nitrogens with one attached hydrogen (secondary N) is 2. The van der Waals surface area contributed by atoms with Crippen molar-refractivity contribution in [1.82, 2.24) is 20.5 Å². The lowest BCUT2D eigenvalue weighted by Crippen LogP contribution is -2.45. The quantitative estimate of drug-likeness (QED) is 0.354. The zero-order chi connectivity index (χ0) is 19.2. The molecule has 0 bridgehead atoms. The molecule has 1 aliphatic heterocycles. The number of carbonyl (C=O) groups excluding carboxylic acids is 1. The van der Waals surface area contributed by atoms with Crippen LogP contribution >= 0.6 is 35.3 Å². The summed E-state index contributed by atoms with van der Waals surface area (Å²) < 4.78 is 0. The van der Waals surface area contributed by atoms with Crippen molar-refractivity contribution < 1.29 is 4.79 Å². The summed E-state index contributed by atoms with van der Waals surface area (Å²) in [5.41, 5.74) is 1.07. The third-order valence-corrected chi connectivity index (χ3v) is 6.58. The van der Waals surface area contributed by atoms with E-state index >= 15 is 0 Å². The number of rotatable bonds is 5. The molecule has 0 aromatic carbocycles. The highest BCUT2D eigenvalue weighted by atomic mass is 127. The van der Waals surface area contributed by atoms with Crippen molar-refractivity contribution in [3.8, 4) is 0 Å². The molecule has 0 radical (unpaired) electrons. The Morgan fingerprint density at radius 2 is 2.00 bits per heavy atom. The lowest BCUT2D eigenvalue weighted by Gasteiger charge is -2.26. The predicted molar refractivity (Wildman–Crippen MR) is 127 cm³/mol. The van der Waals surface area contributed by atoms with Crippen LogP contribution < -0.4 is 10.6 Å². The van der Waals surface area contributed by atoms with Crippen molar-refractivity contribution in [1.29, 1.82) is 0 Å². The summed E-state index contributed by atoms with van der Waals surface area (Å²) in [6.07, 6.45) is 6.84. The van der Waals surface area contributed by atoms with Crippen molar-refractivity contribution in [3.63, 3.8) is 0 Å². The monoisotopic (exact) mass is 519 g/mol. The lowest BCUT2D eigenvalue weighted by atomic mass is 9.88. The summed E-state index contributed by atoms with van der Waals surface area (Å²) >= 11 is 1.71. The van der Waals surface area contributed by atoms with Gasteiger partial charge in [-0.2, -0.15) is 0 Å². The molecule has 3 rings (SSSR count). The number of aliphatic imine (C=N–C) groups is 1. The van der Waals surface area contributed by atoms with Gasteiger partial charge in [0.1, 0.15) is 0 Å². The molecule has 2 N–H and O–H groups in total. The summed E-state index contributed by atoms with van der Waals surface area (Å²) in [4.78, 5) is 25.3. The largest absolute Gasteiger partial charge is 0.357 e. The summed E-state index contributed by atoms with van der Waals surface area (Å²) in [6, 6.07) is 0.277. The highest BCUT2D eigenvalue weighted by molar-refractivity contribution is 14.0. The first-order valence-electron chi connectivity index (χ1n) is 10.3. The van der Waals surface area contributed by atoms with Crippen LogP contribution in [-0.2, 0) is 11.3 Å². The van der Waals surface area contributed by atoms with E-state index in [4.69, 9.17) is 4.99 Å². The maximum atomic E-state index is 12.8. The molecule has 1 atom stereocenters. The molecule has 2 heterocycles. The second-order valence-corrected chi connectivity index (χ2v) is 8.97. The predicted octanol–water partition coefficient (Wildman–Crippen LogP) is 3.61. The third kappa shape index (κ3) is 6.30. The third-order valence-electron chi connectivity index (χ3n) is 5.52. The Labute approximate surface area is 190 Å². The molecule has 1 aromatic heterocycles. The molecule has 158 valence electrons. The number of likely N-dealkylation sites (tertiary alicyclic amines) is 1. The maximum absolute atomic E-state index is 12.8. The Kier molecular flexibility index (Phi) is 9.46. The number of aryl methyl sites for hydroxylation is 2. The van der Waals surface area contributed by atoms with Gasteiger partial charge < -0.3 is 15.5 Å². The Hall–Kier alpha value is -0.900. The topological polar surface area (TPSA) is 69.6 Å². The molecule has 1 aliphatic carbocycles. The Morgan fingerprint density at radius 3 is 2.64 bits per heavy atom. The van der Waals surface area contributed by atoms with Gasteiger partial charge in [0, 0.05) is 36.5 Å². The number of amides is 1. The highest BCUT2D eigenvalue weighted by Crippen LogP contribution is 2.26. The zero-order valence-electron chi connectivity index (χ0n) is 17.3. The van der Waals surface area contributed by atoms with Gasteiger partial charge in [-0.15, -0.1) is 35.3 Å². The van der Waals surface area contributed by atoms with Gasteiger partial charge in [0.05, 0.1) is 17.2 Å². The van der Waals surface area contributed by atoms with Crippen molar-refractivity contribution >= 4 is 47.2 Å². The van der Waals surface area contributed by atoms with E-state index in [0.29, 0.717) is 12.5 Å². The van der Waals surface area contributed by atoms with Crippen LogP contribution in [0.5, 0.6) is 0 Å². The van der Waals surface area contributed by atoms with Gasteiger partial charge in [-0.25, -0.2) is 9.98 Å². The maximum Gasteiger partial charge on any atom is 0.225 e. The number of nitrogens with zero attached hydrogens (tertiary/aromatic N) is 3. The normalized spacial score (nSPS) is 20.8. The molecule has 1 amide bonds. The number of aromatic nitrogens is 1. The first-order valence-corrected chi connectivity index (χ1v) is 11.1. The molecule has 8 heteroatoms. The van der Waals surface area contributed by atoms with Gasteiger partial charge in [-0.05, 0) is 40.0 Å². The minimum atomic E-state index is 0. The van der Waals surface area contributed by atoms with E-state index in [1.54, 1.807) is 11.3 Å². The van der Waals surface area contributed by atoms with Gasteiger partial charge in [0.2, 0.25) is 5.91 Å². The SMILES string of the molecule is CCNC(=NCc1sc(C)nc1C)NC1CCN(C(=O)C2CCCCC2)C1.I. The van der Waals surface area contributed by atoms with Crippen LogP contribution in [0.2, 0.25) is 0 Å². The van der Waals surface area contributed by atoms with E-state index in [0.717, 1.165) is 55.6 Å². The van der Waals surface area contributed by atoms with Crippen LogP contribution in [0.4, 0.5) is 0 Å². The molecular formula is C20H34IN5OS. The number of hydrogen-bond acceptors (Lipinski definition) is 4. The van der Waals surface area contributed by atoms with E-state index in [1.165, 1.54) is 24.1 Å². The number of guanidine groups is 1. The van der Waals surface area contributed by atoms with Crippen molar-refractivity contribution in [3.05, 3.63) is 15.6 Å². The first kappa shape index (κ1) is 23.4. The van der Waals surface area contributed by atoms with Crippen molar-refractivity contribution in [2.24, 2.45) is 10.9 Å². The number of hydrogen-bond donors (Lipinski definition) is 2. The highest BCUT2D eigenvalue weighted by Gasteiger charge is 2.31. The lowest BCUT2D eigenvalue weighted by molar-refractivity contribution is -0.135. The van der Waals surface area contributed by atoms with Gasteiger partial charge >= 0.3 is 0 Å². The second-order valence-electron chi connectivity index (χ2n) is 7.69. The summed E-state index contributed by atoms with van der Waals surface area (Å²) in [5, 5.41) is 7.95. The molecule has 1 unspecified atom stereocenters. The number of carbonyl (C=O) groups is 1. The van der Waals surface area contributed by atoms with Crippen LogP contribution in [0.1, 0.15) is 61.0 Å². The number of halogens is 1. The molecular weight excluding hydrogens is 485 g/mol. The fourth-order valence-electron chi connectivity index (χ4n) is 4.07. The van der Waals surface area contributed by atoms with Crippen molar-refractivity contribution in [2.75, 3.05) is 19.6 Å². The van der Waals surface area contributed by atoms with Crippen LogP contribution in [0.3, 0.4) is 0 Å². The molecule has 2 fully saturated rings. The van der Waals surface area contributed by atoms with Crippen LogP contribution in [0.25, 0.3) is 0 Å². The second kappa shape index (κ2) is 11.3. The Balaban J connectivity index is 0.00000280. The molecule has 28 heavy (non-hydrogen) atoms. The minimum absolute atomic E-state index is 0. The molecule has 1 saturated carbocycles. The summed E-state index contributed by atoms with van der Waals surface area (Å²) in [7, 11) is 0. The van der Waals surface area contributed by atoms with E-state index < -0.39 is 0 Å². The zero-order valence-corrected chi connectivity index (χ0v) is 20.4. The number of thiazole rings is 1. The first-order chi connectivity index (χ1) is 13.1. The van der Waals surface area contributed by atoms with Crippen LogP contribution in [0.15, 0.2) is 4.99 Å². The minimum Gasteiger partial charge on any atom is -0.357 e. The van der Waals surface area contributed by atoms with Crippen LogP contribution in [-0.4, -0.2) is 47.4 Å². The average molecular weight is 519 g/mol. The van der Waals surface area contributed by atoms with Gasteiger partial charge in [-0.1, -0.05) is 19.3 Å². The molecule has 0 spiro atoms. The van der Waals surface area contributed by atoms with E-state index in [-0.39, 0.29) is 35.9 Å². The fourth-order valence-corrected chi connectivity index (χ4v) is 4.93. The van der Waals surface area contributed by atoms with Crippen molar-refractivity contribution in [2.45, 2.75) is 71.9 Å².